The Balaban J connectivity index is 0.00000162. The van der Waals surface area contributed by atoms with Crippen LogP contribution in [-0.2, 0) is 32.2 Å². The molecule has 0 aliphatic carbocycles. The van der Waals surface area contributed by atoms with Crippen LogP contribution >= 0.6 is 0 Å². The van der Waals surface area contributed by atoms with Crippen LogP contribution in [0.15, 0.2) is 36.7 Å². The zero-order valence-corrected chi connectivity index (χ0v) is 12.7. The van der Waals surface area contributed by atoms with Gasteiger partial charge in [-0.25, -0.2) is 4.39 Å². The van der Waals surface area contributed by atoms with E-state index in [1.807, 2.05) is 26.0 Å². The molecule has 0 spiro atoms. The summed E-state index contributed by atoms with van der Waals surface area (Å²) in [6.07, 6.45) is 3.45. The Morgan fingerprint density at radius 2 is 2.11 bits per heavy atom. The van der Waals surface area contributed by atoms with E-state index in [-0.39, 0.29) is 25.5 Å². The third-order valence-corrected chi connectivity index (χ3v) is 2.86. The van der Waals surface area contributed by atoms with E-state index in [1.165, 1.54) is 0 Å². The van der Waals surface area contributed by atoms with Crippen LogP contribution in [0.3, 0.4) is 0 Å². The van der Waals surface area contributed by atoms with E-state index in [1.54, 1.807) is 24.5 Å². The third kappa shape index (κ3) is 3.01. The van der Waals surface area contributed by atoms with E-state index in [2.05, 4.69) is 16.0 Å². The molecule has 0 amide bonds. The summed E-state index contributed by atoms with van der Waals surface area (Å²) in [5.74, 6) is 0. The van der Waals surface area contributed by atoms with Gasteiger partial charge in [-0.3, -0.25) is 4.98 Å². The van der Waals surface area contributed by atoms with Crippen molar-refractivity contribution in [3.05, 3.63) is 59.7 Å². The molecule has 0 aromatic carbocycles. The van der Waals surface area contributed by atoms with Gasteiger partial charge in [0, 0.05) is 31.2 Å². The fourth-order valence-corrected chi connectivity index (χ4v) is 1.71. The van der Waals surface area contributed by atoms with Crippen molar-refractivity contribution < 1.29 is 24.5 Å². The monoisotopic (exact) mass is 422 g/mol. The summed E-state index contributed by atoms with van der Waals surface area (Å²) in [6.45, 7) is 3.52. The van der Waals surface area contributed by atoms with Gasteiger partial charge in [0.25, 0.3) is 0 Å². The molecule has 97 valence electrons. The fourth-order valence-electron chi connectivity index (χ4n) is 1.71. The van der Waals surface area contributed by atoms with Crippen LogP contribution in [0.1, 0.15) is 30.8 Å². The molecule has 4 heteroatoms. The zero-order valence-electron chi connectivity index (χ0n) is 10.3. The predicted molar refractivity (Wildman–Crippen MR) is 64.3 cm³/mol. The summed E-state index contributed by atoms with van der Waals surface area (Å²) in [5.41, 5.74) is 1.92. The molecule has 0 saturated carbocycles. The molecule has 2 aromatic rings. The summed E-state index contributed by atoms with van der Waals surface area (Å²) < 4.78 is 12.6. The zero-order chi connectivity index (χ0) is 12.3. The van der Waals surface area contributed by atoms with Crippen LogP contribution < -0.4 is 0 Å². The molecule has 2 rings (SSSR count). The molecular formula is C14H14FIrN2-. The second kappa shape index (κ2) is 6.17. The molecule has 2 nitrogen and oxygen atoms in total. The third-order valence-electron chi connectivity index (χ3n) is 2.86. The summed E-state index contributed by atoms with van der Waals surface area (Å²) >= 11 is 0. The Labute approximate surface area is 120 Å². The topological polar surface area (TPSA) is 25.8 Å². The van der Waals surface area contributed by atoms with Crippen molar-refractivity contribution >= 4 is 0 Å². The minimum atomic E-state index is -0.541. The number of aromatic nitrogens is 2. The summed E-state index contributed by atoms with van der Waals surface area (Å²) in [7, 11) is 0. The largest absolute Gasteiger partial charge is 0.391 e. The Morgan fingerprint density at radius 3 is 2.72 bits per heavy atom. The van der Waals surface area contributed by atoms with E-state index < -0.39 is 6.67 Å². The van der Waals surface area contributed by atoms with Gasteiger partial charge in [-0.15, -0.1) is 5.56 Å². The van der Waals surface area contributed by atoms with Gasteiger partial charge in [0.15, 0.2) is 0 Å². The molecule has 0 fully saturated rings. The first-order chi connectivity index (χ1) is 8.14. The normalized spacial score (nSPS) is 10.8. The van der Waals surface area contributed by atoms with E-state index in [0.29, 0.717) is 5.69 Å². The standard InChI is InChI=1S/C14H14FN2.Ir/c1-14(2,11-5-4-8-16-10-11)13-7-3-6-12(9-15)17-13;/h3-4,6-8,10H,9H2,1-2H3;/q-1;. The van der Waals surface area contributed by atoms with Crippen molar-refractivity contribution in [3.63, 3.8) is 0 Å². The van der Waals surface area contributed by atoms with Crippen molar-refractivity contribution in [2.75, 3.05) is 0 Å². The second-order valence-electron chi connectivity index (χ2n) is 4.42. The molecule has 18 heavy (non-hydrogen) atoms. The van der Waals surface area contributed by atoms with Gasteiger partial charge in [-0.2, -0.15) is 12.1 Å². The molecule has 1 radical (unpaired) electrons. The Kier molecular flexibility index (Phi) is 5.12. The van der Waals surface area contributed by atoms with Crippen molar-refractivity contribution in [1.82, 2.24) is 9.97 Å². The van der Waals surface area contributed by atoms with E-state index in [4.69, 9.17) is 0 Å². The van der Waals surface area contributed by atoms with Crippen LogP contribution in [-0.4, -0.2) is 9.97 Å². The minimum Gasteiger partial charge on any atom is -0.391 e. The first-order valence-electron chi connectivity index (χ1n) is 5.49. The fraction of sp³-hybridized carbons (Fsp3) is 0.286. The number of alkyl halides is 1. The second-order valence-corrected chi connectivity index (χ2v) is 4.42. The van der Waals surface area contributed by atoms with Gasteiger partial charge >= 0.3 is 0 Å². The minimum absolute atomic E-state index is 0. The first-order valence-corrected chi connectivity index (χ1v) is 5.49. The maximum atomic E-state index is 12.6. The number of nitrogens with zero attached hydrogens (tertiary/aromatic N) is 2. The molecule has 0 aliphatic rings. The van der Waals surface area contributed by atoms with Crippen LogP contribution in [0.4, 0.5) is 4.39 Å². The van der Waals surface area contributed by atoms with E-state index in [0.717, 1.165) is 11.3 Å². The van der Waals surface area contributed by atoms with Gasteiger partial charge in [0.2, 0.25) is 0 Å². The molecule has 0 N–H and O–H groups in total. The Bertz CT molecular complexity index is 500. The average molecular weight is 421 g/mol. The van der Waals surface area contributed by atoms with Crippen molar-refractivity contribution in [1.29, 1.82) is 0 Å². The maximum Gasteiger partial charge on any atom is 0.131 e. The summed E-state index contributed by atoms with van der Waals surface area (Å²) in [4.78, 5) is 8.40. The molecule has 2 heterocycles. The van der Waals surface area contributed by atoms with E-state index in [9.17, 15) is 4.39 Å². The average Bonchev–Trinajstić information content (AvgIpc) is 2.40. The smallest absolute Gasteiger partial charge is 0.131 e. The quantitative estimate of drug-likeness (QED) is 0.712. The van der Waals surface area contributed by atoms with Crippen LogP contribution in [0.25, 0.3) is 0 Å². The van der Waals surface area contributed by atoms with Crippen LogP contribution in [0.2, 0.25) is 0 Å². The van der Waals surface area contributed by atoms with Gasteiger partial charge in [-0.1, -0.05) is 32.3 Å². The number of halogens is 1. The molecule has 0 saturated heterocycles. The van der Waals surface area contributed by atoms with Gasteiger partial charge in [-0.05, 0) is 12.1 Å². The van der Waals surface area contributed by atoms with Crippen LogP contribution in [0.5, 0.6) is 0 Å². The summed E-state index contributed by atoms with van der Waals surface area (Å²) in [6, 6.07) is 10.3. The summed E-state index contributed by atoms with van der Waals surface area (Å²) in [5, 5.41) is 0. The maximum absolute atomic E-state index is 12.6. The van der Waals surface area contributed by atoms with Crippen molar-refractivity contribution in [2.45, 2.75) is 25.9 Å². The molecule has 0 bridgehead atoms. The van der Waals surface area contributed by atoms with Gasteiger partial charge in [0.05, 0.1) is 5.69 Å². The molecular weight excluding hydrogens is 407 g/mol. The van der Waals surface area contributed by atoms with Crippen molar-refractivity contribution in [3.8, 4) is 0 Å². The Hall–Kier alpha value is -1.12. The van der Waals surface area contributed by atoms with Crippen molar-refractivity contribution in [2.24, 2.45) is 0 Å². The molecule has 2 aromatic heterocycles. The van der Waals surface area contributed by atoms with Gasteiger partial charge in [0.1, 0.15) is 6.67 Å². The number of hydrogen-bond donors (Lipinski definition) is 0. The number of rotatable bonds is 3. The van der Waals surface area contributed by atoms with E-state index >= 15 is 0 Å². The first kappa shape index (κ1) is 14.9. The van der Waals surface area contributed by atoms with Gasteiger partial charge < -0.3 is 4.98 Å². The SMILES string of the molecule is CC(C)(c1[c-]ccnc1)c1cccc(CF)n1.[Ir]. The Morgan fingerprint density at radius 1 is 1.33 bits per heavy atom. The predicted octanol–water partition coefficient (Wildman–Crippen LogP) is 3.07. The number of pyridine rings is 2. The molecule has 0 atom stereocenters. The van der Waals surface area contributed by atoms with Crippen LogP contribution in [0, 0.1) is 6.07 Å². The molecule has 0 unspecified atom stereocenters. The number of hydrogen-bond acceptors (Lipinski definition) is 2. The molecule has 0 aliphatic heterocycles.